The molecule has 2 unspecified atom stereocenters. The average molecular weight is 360 g/mol. The second-order valence-corrected chi connectivity index (χ2v) is 8.48. The molecule has 0 amide bonds. The summed E-state index contributed by atoms with van der Waals surface area (Å²) >= 11 is 0. The first-order valence-electron chi connectivity index (χ1n) is 10.4. The zero-order chi connectivity index (χ0) is 17.8. The molecular weight excluding hydrogens is 326 g/mol. The molecule has 4 rings (SSSR count). The summed E-state index contributed by atoms with van der Waals surface area (Å²) < 4.78 is 11.0. The molecule has 1 saturated carbocycles. The van der Waals surface area contributed by atoms with Crippen molar-refractivity contribution in [3.8, 4) is 0 Å². The Labute approximate surface area is 157 Å². The Morgan fingerprint density at radius 1 is 1.38 bits per heavy atom. The van der Waals surface area contributed by atoms with Crippen LogP contribution in [0.3, 0.4) is 0 Å². The lowest BCUT2D eigenvalue weighted by Crippen LogP contribution is -2.56. The lowest BCUT2D eigenvalue weighted by Gasteiger charge is -2.53. The summed E-state index contributed by atoms with van der Waals surface area (Å²) in [4.78, 5) is 7.54. The second kappa shape index (κ2) is 8.03. The van der Waals surface area contributed by atoms with Crippen LogP contribution in [0.1, 0.15) is 44.8 Å². The van der Waals surface area contributed by atoms with Crippen molar-refractivity contribution in [3.05, 3.63) is 24.2 Å². The van der Waals surface area contributed by atoms with E-state index in [2.05, 4.69) is 17.1 Å². The third-order valence-electron chi connectivity index (χ3n) is 6.79. The third kappa shape index (κ3) is 3.93. The maximum absolute atomic E-state index is 5.52. The van der Waals surface area contributed by atoms with Crippen molar-refractivity contribution in [3.63, 3.8) is 0 Å². The Balaban J connectivity index is 1.39. The highest BCUT2D eigenvalue weighted by atomic mass is 16.5. The van der Waals surface area contributed by atoms with Crippen LogP contribution >= 0.6 is 0 Å². The molecule has 1 aromatic rings. The van der Waals surface area contributed by atoms with Crippen LogP contribution in [0.5, 0.6) is 0 Å². The minimum atomic E-state index is 0.540. The van der Waals surface area contributed by atoms with Crippen molar-refractivity contribution < 1.29 is 9.15 Å². The van der Waals surface area contributed by atoms with Crippen molar-refractivity contribution >= 4 is 5.96 Å². The summed E-state index contributed by atoms with van der Waals surface area (Å²) in [6.45, 7) is 8.25. The molecule has 1 spiro atoms. The summed E-state index contributed by atoms with van der Waals surface area (Å²) in [5, 5.41) is 3.63. The second-order valence-electron chi connectivity index (χ2n) is 8.48. The molecule has 26 heavy (non-hydrogen) atoms. The number of nitrogens with zero attached hydrogens (tertiary/aromatic N) is 2. The number of piperidine rings is 1. The summed E-state index contributed by atoms with van der Waals surface area (Å²) in [6.07, 6.45) is 9.25. The molecule has 2 saturated heterocycles. The van der Waals surface area contributed by atoms with Gasteiger partial charge < -0.3 is 19.4 Å². The van der Waals surface area contributed by atoms with Gasteiger partial charge in [0.05, 0.1) is 12.9 Å². The van der Waals surface area contributed by atoms with E-state index in [-0.39, 0.29) is 0 Å². The molecular formula is C21H33N3O2. The van der Waals surface area contributed by atoms with E-state index in [1.807, 2.05) is 12.1 Å². The summed E-state index contributed by atoms with van der Waals surface area (Å²) in [6, 6.07) is 4.00. The molecule has 0 aromatic carbocycles. The molecule has 2 atom stereocenters. The molecule has 1 aliphatic carbocycles. The van der Waals surface area contributed by atoms with Gasteiger partial charge in [-0.05, 0) is 49.1 Å². The smallest absolute Gasteiger partial charge is 0.193 e. The van der Waals surface area contributed by atoms with Gasteiger partial charge in [-0.1, -0.05) is 13.3 Å². The number of aliphatic imine (C=N–C) groups is 1. The van der Waals surface area contributed by atoms with Crippen LogP contribution in [-0.4, -0.2) is 50.3 Å². The third-order valence-corrected chi connectivity index (χ3v) is 6.79. The lowest BCUT2D eigenvalue weighted by atomic mass is 9.59. The van der Waals surface area contributed by atoms with Crippen LogP contribution in [0.15, 0.2) is 27.8 Å². The fraction of sp³-hybridized carbons (Fsp3) is 0.762. The van der Waals surface area contributed by atoms with E-state index in [9.17, 15) is 0 Å². The molecule has 3 fully saturated rings. The van der Waals surface area contributed by atoms with Gasteiger partial charge in [0.1, 0.15) is 5.76 Å². The van der Waals surface area contributed by atoms with Gasteiger partial charge in [-0.3, -0.25) is 4.99 Å². The summed E-state index contributed by atoms with van der Waals surface area (Å²) in [5.41, 5.74) is 0.540. The minimum absolute atomic E-state index is 0.540. The molecule has 1 aromatic heterocycles. The number of hydrogen-bond acceptors (Lipinski definition) is 3. The fourth-order valence-corrected chi connectivity index (χ4v) is 4.70. The van der Waals surface area contributed by atoms with Gasteiger partial charge >= 0.3 is 0 Å². The minimum Gasteiger partial charge on any atom is -0.469 e. The standard InChI is InChI=1S/C21H33N3O2/c1-17-6-11-24(16-21(17)8-3-9-21)20(23-14-18-7-13-25-15-18)22-10-5-19-4-2-12-26-19/h2,4,12,17-18H,3,5-11,13-16H2,1H3,(H,22,23). The molecule has 3 aliphatic rings. The van der Waals surface area contributed by atoms with Crippen LogP contribution in [0.25, 0.3) is 0 Å². The van der Waals surface area contributed by atoms with Crippen molar-refractivity contribution in [1.82, 2.24) is 10.2 Å². The number of rotatable bonds is 5. The molecule has 144 valence electrons. The summed E-state index contributed by atoms with van der Waals surface area (Å²) in [7, 11) is 0. The van der Waals surface area contributed by atoms with Crippen molar-refractivity contribution in [2.45, 2.75) is 45.4 Å². The summed E-state index contributed by atoms with van der Waals surface area (Å²) in [5.74, 6) is 3.56. The van der Waals surface area contributed by atoms with Crippen LogP contribution in [0.4, 0.5) is 0 Å². The number of guanidine groups is 1. The van der Waals surface area contributed by atoms with Crippen molar-refractivity contribution in [2.24, 2.45) is 22.2 Å². The normalized spacial score (nSPS) is 28.3. The largest absolute Gasteiger partial charge is 0.469 e. The van der Waals surface area contributed by atoms with Crippen LogP contribution in [0.2, 0.25) is 0 Å². The topological polar surface area (TPSA) is 50.0 Å². The van der Waals surface area contributed by atoms with Crippen LogP contribution in [0, 0.1) is 17.3 Å². The van der Waals surface area contributed by atoms with E-state index < -0.39 is 0 Å². The zero-order valence-corrected chi connectivity index (χ0v) is 16.1. The monoisotopic (exact) mass is 359 g/mol. The Hall–Kier alpha value is -1.49. The highest BCUT2D eigenvalue weighted by Crippen LogP contribution is 2.50. The van der Waals surface area contributed by atoms with E-state index in [1.54, 1.807) is 6.26 Å². The van der Waals surface area contributed by atoms with E-state index in [1.165, 1.54) is 32.2 Å². The van der Waals surface area contributed by atoms with Gasteiger partial charge in [-0.25, -0.2) is 0 Å². The van der Waals surface area contributed by atoms with E-state index in [0.717, 1.165) is 63.3 Å². The van der Waals surface area contributed by atoms with Crippen LogP contribution < -0.4 is 5.32 Å². The van der Waals surface area contributed by atoms with Gasteiger partial charge in [-0.2, -0.15) is 0 Å². The quantitative estimate of drug-likeness (QED) is 0.647. The average Bonchev–Trinajstić information content (AvgIpc) is 3.31. The number of ether oxygens (including phenoxy) is 1. The molecule has 0 bridgehead atoms. The molecule has 1 N–H and O–H groups in total. The van der Waals surface area contributed by atoms with Gasteiger partial charge in [0.15, 0.2) is 5.96 Å². The first-order chi connectivity index (χ1) is 12.8. The number of nitrogens with one attached hydrogen (secondary N) is 1. The Bertz CT molecular complexity index is 588. The molecule has 0 radical (unpaired) electrons. The Morgan fingerprint density at radius 2 is 2.31 bits per heavy atom. The number of hydrogen-bond donors (Lipinski definition) is 1. The van der Waals surface area contributed by atoms with E-state index in [4.69, 9.17) is 14.1 Å². The molecule has 5 heteroatoms. The first kappa shape index (κ1) is 17.9. The SMILES string of the molecule is CC1CCN(C(=NCC2CCOC2)NCCc2ccco2)CC12CCC2. The fourth-order valence-electron chi connectivity index (χ4n) is 4.70. The predicted molar refractivity (Wildman–Crippen MR) is 103 cm³/mol. The molecule has 2 aliphatic heterocycles. The first-order valence-corrected chi connectivity index (χ1v) is 10.4. The highest BCUT2D eigenvalue weighted by molar-refractivity contribution is 5.80. The predicted octanol–water partition coefficient (Wildman–Crippen LogP) is 3.32. The van der Waals surface area contributed by atoms with Crippen molar-refractivity contribution in [1.29, 1.82) is 0 Å². The molecule has 3 heterocycles. The zero-order valence-electron chi connectivity index (χ0n) is 16.1. The Morgan fingerprint density at radius 3 is 3.00 bits per heavy atom. The highest BCUT2D eigenvalue weighted by Gasteiger charge is 2.46. The van der Waals surface area contributed by atoms with Gasteiger partial charge in [-0.15, -0.1) is 0 Å². The maximum Gasteiger partial charge on any atom is 0.193 e. The maximum atomic E-state index is 5.52. The van der Waals surface area contributed by atoms with Gasteiger partial charge in [0.2, 0.25) is 0 Å². The van der Waals surface area contributed by atoms with E-state index >= 15 is 0 Å². The van der Waals surface area contributed by atoms with Crippen LogP contribution in [-0.2, 0) is 11.2 Å². The number of likely N-dealkylation sites (tertiary alicyclic amines) is 1. The molecule has 5 nitrogen and oxygen atoms in total. The number of furan rings is 1. The lowest BCUT2D eigenvalue weighted by molar-refractivity contribution is -0.00512. The Kier molecular flexibility index (Phi) is 5.53. The van der Waals surface area contributed by atoms with Crippen molar-refractivity contribution in [2.75, 3.05) is 39.4 Å². The van der Waals surface area contributed by atoms with Gasteiger partial charge in [0.25, 0.3) is 0 Å². The van der Waals surface area contributed by atoms with Gasteiger partial charge in [0, 0.05) is 45.1 Å². The van der Waals surface area contributed by atoms with E-state index in [0.29, 0.717) is 11.3 Å².